The number of amidine groups is 1. The Morgan fingerprint density at radius 2 is 2.18 bits per heavy atom. The van der Waals surface area contributed by atoms with Crippen molar-refractivity contribution in [2.75, 3.05) is 5.32 Å². The van der Waals surface area contributed by atoms with Crippen molar-refractivity contribution in [3.05, 3.63) is 34.4 Å². The van der Waals surface area contributed by atoms with Gasteiger partial charge in [0.2, 0.25) is 5.91 Å². The maximum atomic E-state index is 11.4. The average Bonchev–Trinajstić information content (AvgIpc) is 2.29. The van der Waals surface area contributed by atoms with Crippen LogP contribution in [0.3, 0.4) is 0 Å². The van der Waals surface area contributed by atoms with Gasteiger partial charge < -0.3 is 16.3 Å². The molecule has 8 nitrogen and oxygen atoms in total. The Hall–Kier alpha value is -2.64. The Labute approximate surface area is 95.9 Å². The fourth-order valence-corrected chi connectivity index (χ4v) is 1.13. The number of hydrogen-bond acceptors (Lipinski definition) is 5. The summed E-state index contributed by atoms with van der Waals surface area (Å²) in [5.41, 5.74) is 4.97. The van der Waals surface area contributed by atoms with Crippen LogP contribution in [-0.4, -0.2) is 21.9 Å². The van der Waals surface area contributed by atoms with Gasteiger partial charge in [-0.1, -0.05) is 17.3 Å². The standard InChI is InChI=1S/C9H10N4O4/c10-8(12-15)5-9(14)11-6-3-1-2-4-7(6)13(16)17/h1-4,15H,5H2,(H2,10,12)(H,11,14). The zero-order chi connectivity index (χ0) is 12.8. The topological polar surface area (TPSA) is 131 Å². The smallest absolute Gasteiger partial charge is 0.292 e. The third-order valence-corrected chi connectivity index (χ3v) is 1.84. The van der Waals surface area contributed by atoms with Crippen LogP contribution < -0.4 is 11.1 Å². The fourth-order valence-electron chi connectivity index (χ4n) is 1.13. The number of oxime groups is 1. The van der Waals surface area contributed by atoms with Crippen LogP contribution in [0, 0.1) is 10.1 Å². The second-order valence-electron chi connectivity index (χ2n) is 3.09. The first-order valence-electron chi connectivity index (χ1n) is 4.54. The molecule has 1 aromatic rings. The highest BCUT2D eigenvalue weighted by molar-refractivity contribution is 6.05. The summed E-state index contributed by atoms with van der Waals surface area (Å²) in [6.07, 6.45) is -0.345. The summed E-state index contributed by atoms with van der Waals surface area (Å²) in [5.74, 6) is -0.879. The normalized spacial score (nSPS) is 10.9. The monoisotopic (exact) mass is 238 g/mol. The lowest BCUT2D eigenvalue weighted by Gasteiger charge is -2.04. The van der Waals surface area contributed by atoms with Crippen LogP contribution in [0.1, 0.15) is 6.42 Å². The van der Waals surface area contributed by atoms with Crippen molar-refractivity contribution in [3.63, 3.8) is 0 Å². The zero-order valence-electron chi connectivity index (χ0n) is 8.66. The molecule has 1 rings (SSSR count). The molecule has 0 atom stereocenters. The van der Waals surface area contributed by atoms with Crippen LogP contribution >= 0.6 is 0 Å². The SMILES string of the molecule is N/C(CC(=O)Nc1ccccc1[N+](=O)[O-])=N/O. The molecule has 0 bridgehead atoms. The molecule has 4 N–H and O–H groups in total. The molecule has 0 radical (unpaired) electrons. The highest BCUT2D eigenvalue weighted by Gasteiger charge is 2.15. The lowest BCUT2D eigenvalue weighted by atomic mass is 10.2. The van der Waals surface area contributed by atoms with Gasteiger partial charge >= 0.3 is 0 Å². The van der Waals surface area contributed by atoms with Gasteiger partial charge in [0.1, 0.15) is 11.5 Å². The number of rotatable bonds is 4. The predicted octanol–water partition coefficient (Wildman–Crippen LogP) is 0.670. The van der Waals surface area contributed by atoms with E-state index in [1.165, 1.54) is 18.2 Å². The van der Waals surface area contributed by atoms with Crippen molar-refractivity contribution in [3.8, 4) is 0 Å². The second kappa shape index (κ2) is 5.45. The van der Waals surface area contributed by atoms with Crippen molar-refractivity contribution in [1.29, 1.82) is 0 Å². The Morgan fingerprint density at radius 1 is 1.53 bits per heavy atom. The van der Waals surface area contributed by atoms with Crippen LogP contribution in [0.5, 0.6) is 0 Å². The number of amides is 1. The minimum Gasteiger partial charge on any atom is -0.409 e. The average molecular weight is 238 g/mol. The molecule has 0 unspecified atom stereocenters. The molecule has 0 spiro atoms. The molecule has 0 heterocycles. The second-order valence-corrected chi connectivity index (χ2v) is 3.09. The summed E-state index contributed by atoms with van der Waals surface area (Å²) in [6, 6.07) is 5.69. The van der Waals surface area contributed by atoms with Gasteiger partial charge in [-0.05, 0) is 6.07 Å². The number of nitrogens with zero attached hydrogens (tertiary/aromatic N) is 2. The molecule has 17 heavy (non-hydrogen) atoms. The molecule has 0 aliphatic carbocycles. The third-order valence-electron chi connectivity index (χ3n) is 1.84. The van der Waals surface area contributed by atoms with Crippen molar-refractivity contribution >= 4 is 23.1 Å². The van der Waals surface area contributed by atoms with Crippen LogP contribution in [0.2, 0.25) is 0 Å². The maximum Gasteiger partial charge on any atom is 0.292 e. The highest BCUT2D eigenvalue weighted by atomic mass is 16.6. The van der Waals surface area contributed by atoms with Gasteiger partial charge in [0.25, 0.3) is 5.69 Å². The van der Waals surface area contributed by atoms with Gasteiger partial charge in [-0.25, -0.2) is 0 Å². The van der Waals surface area contributed by atoms with Gasteiger partial charge in [0.05, 0.1) is 11.3 Å². The lowest BCUT2D eigenvalue weighted by Crippen LogP contribution is -2.22. The molecule has 1 aromatic carbocycles. The molecular weight excluding hydrogens is 228 g/mol. The van der Waals surface area contributed by atoms with Gasteiger partial charge in [0.15, 0.2) is 0 Å². The largest absolute Gasteiger partial charge is 0.409 e. The number of nitrogens with two attached hydrogens (primary N) is 1. The van der Waals surface area contributed by atoms with E-state index in [9.17, 15) is 14.9 Å². The van der Waals surface area contributed by atoms with Crippen molar-refractivity contribution in [2.24, 2.45) is 10.9 Å². The van der Waals surface area contributed by atoms with Crippen LogP contribution in [0.15, 0.2) is 29.4 Å². The molecule has 0 fully saturated rings. The number of nitro benzene ring substituents is 1. The van der Waals surface area contributed by atoms with Gasteiger partial charge in [-0.15, -0.1) is 0 Å². The summed E-state index contributed by atoms with van der Waals surface area (Å²) in [6.45, 7) is 0. The highest BCUT2D eigenvalue weighted by Crippen LogP contribution is 2.23. The summed E-state index contributed by atoms with van der Waals surface area (Å²) >= 11 is 0. The molecule has 0 aromatic heterocycles. The first kappa shape index (κ1) is 12.4. The number of benzene rings is 1. The minimum absolute atomic E-state index is 0.0632. The fraction of sp³-hybridized carbons (Fsp3) is 0.111. The summed E-state index contributed by atoms with van der Waals surface area (Å²) < 4.78 is 0. The Balaban J connectivity index is 2.81. The summed E-state index contributed by atoms with van der Waals surface area (Å²) in [7, 11) is 0. The molecular formula is C9H10N4O4. The Bertz CT molecular complexity index is 472. The van der Waals surface area contributed by atoms with E-state index in [-0.39, 0.29) is 23.6 Å². The van der Waals surface area contributed by atoms with E-state index in [0.717, 1.165) is 0 Å². The number of carbonyl (C=O) groups excluding carboxylic acids is 1. The van der Waals surface area contributed by atoms with Crippen LogP contribution in [0.25, 0.3) is 0 Å². The number of hydrogen-bond donors (Lipinski definition) is 3. The van der Waals surface area contributed by atoms with Crippen LogP contribution in [0.4, 0.5) is 11.4 Å². The van der Waals surface area contributed by atoms with E-state index in [2.05, 4.69) is 10.5 Å². The minimum atomic E-state index is -0.612. The first-order valence-corrected chi connectivity index (χ1v) is 4.54. The van der Waals surface area contributed by atoms with Gasteiger partial charge in [-0.2, -0.15) is 0 Å². The summed E-state index contributed by atoms with van der Waals surface area (Å²) in [4.78, 5) is 21.4. The van der Waals surface area contributed by atoms with Crippen molar-refractivity contribution in [1.82, 2.24) is 0 Å². The molecule has 8 heteroatoms. The molecule has 1 amide bonds. The van der Waals surface area contributed by atoms with Crippen molar-refractivity contribution in [2.45, 2.75) is 6.42 Å². The number of carbonyl (C=O) groups is 1. The quantitative estimate of drug-likeness (QED) is 0.233. The predicted molar refractivity (Wildman–Crippen MR) is 59.8 cm³/mol. The molecule has 0 aliphatic heterocycles. The van der Waals surface area contributed by atoms with E-state index in [1.807, 2.05) is 0 Å². The third kappa shape index (κ3) is 3.45. The van der Waals surface area contributed by atoms with Gasteiger partial charge in [-0.3, -0.25) is 14.9 Å². The Kier molecular flexibility index (Phi) is 3.98. The van der Waals surface area contributed by atoms with Crippen LogP contribution in [-0.2, 0) is 4.79 Å². The van der Waals surface area contributed by atoms with E-state index in [0.29, 0.717) is 0 Å². The van der Waals surface area contributed by atoms with E-state index in [1.54, 1.807) is 6.07 Å². The molecule has 0 saturated carbocycles. The first-order chi connectivity index (χ1) is 8.04. The number of anilines is 1. The number of nitrogens with one attached hydrogen (secondary N) is 1. The zero-order valence-corrected chi connectivity index (χ0v) is 8.66. The number of nitro groups is 1. The lowest BCUT2D eigenvalue weighted by molar-refractivity contribution is -0.383. The molecule has 0 saturated heterocycles. The maximum absolute atomic E-state index is 11.4. The van der Waals surface area contributed by atoms with Gasteiger partial charge in [0, 0.05) is 6.07 Å². The summed E-state index contributed by atoms with van der Waals surface area (Å²) in [5, 5.41) is 23.8. The Morgan fingerprint density at radius 3 is 2.76 bits per heavy atom. The molecule has 90 valence electrons. The van der Waals surface area contributed by atoms with E-state index >= 15 is 0 Å². The van der Waals surface area contributed by atoms with E-state index < -0.39 is 10.8 Å². The number of para-hydroxylation sites is 2. The molecule has 0 aliphatic rings. The van der Waals surface area contributed by atoms with Crippen molar-refractivity contribution < 1.29 is 14.9 Å². The van der Waals surface area contributed by atoms with E-state index in [4.69, 9.17) is 10.9 Å².